The minimum absolute atomic E-state index is 0.0705. The quantitative estimate of drug-likeness (QED) is 0.520. The van der Waals surface area contributed by atoms with E-state index in [1.165, 1.54) is 11.8 Å². The molecule has 1 amide bonds. The Morgan fingerprint density at radius 3 is 2.53 bits per heavy atom. The Morgan fingerprint density at radius 1 is 1.22 bits per heavy atom. The highest BCUT2D eigenvalue weighted by atomic mass is 19.4. The Hall–Kier alpha value is -3.78. The van der Waals surface area contributed by atoms with Crippen LogP contribution in [0.1, 0.15) is 35.1 Å². The van der Waals surface area contributed by atoms with Crippen molar-refractivity contribution < 1.29 is 26.7 Å². The number of hydrogen-bond donors (Lipinski definition) is 1. The molecule has 10 nitrogen and oxygen atoms in total. The van der Waals surface area contributed by atoms with Crippen molar-refractivity contribution >= 4 is 11.9 Å². The van der Waals surface area contributed by atoms with E-state index in [1.54, 1.807) is 26.0 Å². The average Bonchev–Trinajstić information content (AvgIpc) is 3.22. The molecule has 0 spiro atoms. The highest BCUT2D eigenvalue weighted by molar-refractivity contribution is 5.98. The van der Waals surface area contributed by atoms with Gasteiger partial charge in [-0.2, -0.15) is 18.0 Å². The van der Waals surface area contributed by atoms with E-state index in [4.69, 9.17) is 0 Å². The molecule has 0 radical (unpaired) electrons. The number of hydrogen-bond acceptors (Lipinski definition) is 8. The molecule has 0 aromatic carbocycles. The summed E-state index contributed by atoms with van der Waals surface area (Å²) in [6.45, 7) is 2.29. The van der Waals surface area contributed by atoms with Gasteiger partial charge in [0.25, 0.3) is 11.8 Å². The topological polar surface area (TPSA) is 115 Å². The molecule has 2 atom stereocenters. The first kappa shape index (κ1) is 25.3. The van der Waals surface area contributed by atoms with Crippen molar-refractivity contribution in [2.75, 3.05) is 18.4 Å². The third-order valence-electron chi connectivity index (χ3n) is 5.78. The van der Waals surface area contributed by atoms with Gasteiger partial charge in [0.05, 0.1) is 30.8 Å². The zero-order valence-electron chi connectivity index (χ0n) is 19.5. The number of halogens is 5. The van der Waals surface area contributed by atoms with Crippen molar-refractivity contribution in [1.82, 2.24) is 40.1 Å². The molecule has 1 fully saturated rings. The lowest BCUT2D eigenvalue weighted by Crippen LogP contribution is -2.57. The summed E-state index contributed by atoms with van der Waals surface area (Å²) in [5.74, 6) is -4.59. The summed E-state index contributed by atoms with van der Waals surface area (Å²) in [7, 11) is 1.54. The lowest BCUT2D eigenvalue weighted by molar-refractivity contribution is -0.138. The van der Waals surface area contributed by atoms with Crippen LogP contribution in [-0.2, 0) is 13.2 Å². The van der Waals surface area contributed by atoms with Gasteiger partial charge in [0.2, 0.25) is 11.8 Å². The Bertz CT molecular complexity index is 1250. The third kappa shape index (κ3) is 5.39. The molecule has 4 heterocycles. The molecule has 2 unspecified atom stereocenters. The molecule has 3 aromatic rings. The van der Waals surface area contributed by atoms with Crippen LogP contribution in [0.5, 0.6) is 0 Å². The first-order chi connectivity index (χ1) is 16.8. The fourth-order valence-electron chi connectivity index (χ4n) is 4.07. The van der Waals surface area contributed by atoms with Gasteiger partial charge < -0.3 is 10.2 Å². The maximum atomic E-state index is 14.6. The summed E-state index contributed by atoms with van der Waals surface area (Å²) < 4.78 is 67.5. The van der Waals surface area contributed by atoms with Crippen LogP contribution < -0.4 is 5.32 Å². The van der Waals surface area contributed by atoms with E-state index in [1.807, 2.05) is 0 Å². The second-order valence-corrected chi connectivity index (χ2v) is 8.66. The lowest BCUT2D eigenvalue weighted by Gasteiger charge is -2.43. The molecule has 3 aromatic heterocycles. The second kappa shape index (κ2) is 9.35. The van der Waals surface area contributed by atoms with Crippen LogP contribution >= 0.6 is 0 Å². The van der Waals surface area contributed by atoms with Gasteiger partial charge >= 0.3 is 6.18 Å². The van der Waals surface area contributed by atoms with E-state index in [9.17, 15) is 26.7 Å². The fraction of sp³-hybridized carbons (Fsp3) is 0.476. The van der Waals surface area contributed by atoms with Crippen molar-refractivity contribution in [1.29, 1.82) is 0 Å². The average molecular weight is 511 g/mol. The van der Waals surface area contributed by atoms with Crippen molar-refractivity contribution in [2.45, 2.75) is 38.4 Å². The highest BCUT2D eigenvalue weighted by Crippen LogP contribution is 2.36. The molecular formula is C21H22F5N9O. The predicted octanol–water partition coefficient (Wildman–Crippen LogP) is 2.99. The molecule has 0 saturated carbocycles. The predicted molar refractivity (Wildman–Crippen MR) is 116 cm³/mol. The van der Waals surface area contributed by atoms with Crippen molar-refractivity contribution in [3.8, 4) is 11.4 Å². The molecule has 1 N–H and O–H groups in total. The number of amides is 1. The van der Waals surface area contributed by atoms with Crippen LogP contribution in [0.15, 0.2) is 24.5 Å². The maximum absolute atomic E-state index is 14.6. The fourth-order valence-corrected chi connectivity index (χ4v) is 4.07. The summed E-state index contributed by atoms with van der Waals surface area (Å²) in [5, 5.41) is 14.5. The van der Waals surface area contributed by atoms with Crippen LogP contribution in [0.4, 0.5) is 27.9 Å². The molecule has 0 bridgehead atoms. The summed E-state index contributed by atoms with van der Waals surface area (Å²) in [5.41, 5.74) is -0.413. The molecule has 1 saturated heterocycles. The molecule has 4 rings (SSSR count). The number of rotatable bonds is 5. The number of pyridine rings is 1. The number of likely N-dealkylation sites (tertiary alicyclic amines) is 1. The SMILES string of the molecule is Cc1ccc(-c2nnn(C)n2)c(C(=O)N2CC(F)(F)CC(C)C2CNc2ncc(C(F)(F)F)cn2)n1. The minimum atomic E-state index is -4.60. The van der Waals surface area contributed by atoms with Gasteiger partial charge in [0.1, 0.15) is 5.69 Å². The van der Waals surface area contributed by atoms with Crippen LogP contribution in [0.3, 0.4) is 0 Å². The number of aryl methyl sites for hydroxylation is 2. The largest absolute Gasteiger partial charge is 0.419 e. The zero-order valence-corrected chi connectivity index (χ0v) is 19.5. The third-order valence-corrected chi connectivity index (χ3v) is 5.78. The minimum Gasteiger partial charge on any atom is -0.352 e. The first-order valence-corrected chi connectivity index (χ1v) is 10.9. The first-order valence-electron chi connectivity index (χ1n) is 10.9. The van der Waals surface area contributed by atoms with Crippen molar-refractivity contribution in [3.05, 3.63) is 41.5 Å². The number of aromatic nitrogens is 7. The van der Waals surface area contributed by atoms with Crippen LogP contribution in [0.2, 0.25) is 0 Å². The normalized spacial score (nSPS) is 19.8. The molecule has 1 aliphatic heterocycles. The van der Waals surface area contributed by atoms with Gasteiger partial charge in [-0.25, -0.2) is 23.7 Å². The van der Waals surface area contributed by atoms with E-state index < -0.39 is 48.5 Å². The summed E-state index contributed by atoms with van der Waals surface area (Å²) in [4.78, 5) is 27.4. The Balaban J connectivity index is 1.63. The van der Waals surface area contributed by atoms with Gasteiger partial charge in [-0.1, -0.05) is 6.92 Å². The summed E-state index contributed by atoms with van der Waals surface area (Å²) >= 11 is 0. The smallest absolute Gasteiger partial charge is 0.352 e. The van der Waals surface area contributed by atoms with E-state index in [2.05, 4.69) is 35.7 Å². The van der Waals surface area contributed by atoms with Gasteiger partial charge in [-0.15, -0.1) is 10.2 Å². The van der Waals surface area contributed by atoms with E-state index in [-0.39, 0.29) is 29.6 Å². The van der Waals surface area contributed by atoms with Crippen LogP contribution in [0.25, 0.3) is 11.4 Å². The van der Waals surface area contributed by atoms with Crippen LogP contribution in [-0.4, -0.2) is 71.0 Å². The molecule has 36 heavy (non-hydrogen) atoms. The van der Waals surface area contributed by atoms with E-state index in [0.717, 1.165) is 4.90 Å². The highest BCUT2D eigenvalue weighted by Gasteiger charge is 2.46. The van der Waals surface area contributed by atoms with E-state index >= 15 is 0 Å². The van der Waals surface area contributed by atoms with Gasteiger partial charge in [0.15, 0.2) is 0 Å². The molecule has 192 valence electrons. The Labute approximate surface area is 201 Å². The standard InChI is InChI=1S/C21H22F5N9O/c1-11-6-20(22,23)10-35(15(11)9-29-19-27-7-13(8-28-19)21(24,25)26)18(36)16-14(5-4-12(2)30-16)17-31-33-34(3)32-17/h4-5,7-8,11,15H,6,9-10H2,1-3H3,(H,27,28,29). The molecule has 0 aliphatic carbocycles. The Kier molecular flexibility index (Phi) is 6.58. The number of alkyl halides is 5. The summed E-state index contributed by atoms with van der Waals surface area (Å²) in [6, 6.07) is 2.45. The number of tetrazole rings is 1. The van der Waals surface area contributed by atoms with Gasteiger partial charge in [0, 0.05) is 31.1 Å². The van der Waals surface area contributed by atoms with Crippen molar-refractivity contribution in [2.24, 2.45) is 13.0 Å². The van der Waals surface area contributed by atoms with Gasteiger partial charge in [-0.3, -0.25) is 4.79 Å². The number of nitrogens with one attached hydrogen (secondary N) is 1. The number of carbonyl (C=O) groups is 1. The monoisotopic (exact) mass is 511 g/mol. The summed E-state index contributed by atoms with van der Waals surface area (Å²) in [6.07, 6.45) is -3.83. The molecular weight excluding hydrogens is 489 g/mol. The Morgan fingerprint density at radius 2 is 1.92 bits per heavy atom. The molecule has 15 heteroatoms. The molecule has 1 aliphatic rings. The number of piperidine rings is 1. The number of nitrogens with zero attached hydrogens (tertiary/aromatic N) is 8. The van der Waals surface area contributed by atoms with Gasteiger partial charge in [-0.05, 0) is 30.2 Å². The maximum Gasteiger partial charge on any atom is 0.419 e. The number of carbonyl (C=O) groups excluding carboxylic acids is 1. The zero-order chi connectivity index (χ0) is 26.3. The number of anilines is 1. The van der Waals surface area contributed by atoms with Crippen LogP contribution in [0, 0.1) is 12.8 Å². The lowest BCUT2D eigenvalue weighted by atomic mass is 9.88. The van der Waals surface area contributed by atoms with Crippen molar-refractivity contribution in [3.63, 3.8) is 0 Å². The second-order valence-electron chi connectivity index (χ2n) is 8.66. The van der Waals surface area contributed by atoms with E-state index in [0.29, 0.717) is 18.1 Å².